The second-order valence-electron chi connectivity index (χ2n) is 3.24. The number of nitrogens with zero attached hydrogens (tertiary/aromatic N) is 1. The van der Waals surface area contributed by atoms with Gasteiger partial charge >= 0.3 is 0 Å². The van der Waals surface area contributed by atoms with Gasteiger partial charge in [0, 0.05) is 20.6 Å². The maximum Gasteiger partial charge on any atom is 0.160 e. The van der Waals surface area contributed by atoms with Crippen LogP contribution in [0.15, 0.2) is 18.2 Å². The Morgan fingerprint density at radius 2 is 2.14 bits per heavy atom. The van der Waals surface area contributed by atoms with Gasteiger partial charge in [0.2, 0.25) is 0 Å². The van der Waals surface area contributed by atoms with Gasteiger partial charge in [-0.2, -0.15) is 0 Å². The molecule has 14 heavy (non-hydrogen) atoms. The first-order valence-electron chi connectivity index (χ1n) is 4.40. The van der Waals surface area contributed by atoms with Crippen LogP contribution in [0.5, 0.6) is 11.5 Å². The molecule has 1 rings (SSSR count). The number of phenolic OH excluding ortho intramolecular Hbond substituents is 1. The predicted octanol–water partition coefficient (Wildman–Crippen LogP) is 0.967. The molecule has 1 aromatic carbocycles. The maximum atomic E-state index is 9.49. The summed E-state index contributed by atoms with van der Waals surface area (Å²) in [5.74, 6) is 0.671. The largest absolute Gasteiger partial charge is 0.504 e. The minimum atomic E-state index is 0.172. The Morgan fingerprint density at radius 1 is 1.43 bits per heavy atom. The van der Waals surface area contributed by atoms with Crippen LogP contribution in [0.4, 0.5) is 0 Å². The first-order chi connectivity index (χ1) is 6.63. The van der Waals surface area contributed by atoms with Crippen molar-refractivity contribution in [2.75, 3.05) is 21.2 Å². The molecule has 4 heteroatoms. The predicted molar refractivity (Wildman–Crippen MR) is 55.2 cm³/mol. The molecule has 0 aliphatic carbocycles. The Bertz CT molecular complexity index is 300. The monoisotopic (exact) mass is 196 g/mol. The number of rotatable bonds is 4. The number of hydrazine groups is 1. The molecule has 0 amide bonds. The van der Waals surface area contributed by atoms with E-state index in [0.29, 0.717) is 12.3 Å². The molecule has 1 aromatic rings. The Balaban J connectivity index is 2.66. The van der Waals surface area contributed by atoms with Crippen LogP contribution in [0.3, 0.4) is 0 Å². The molecule has 0 unspecified atom stereocenters. The molecule has 0 aromatic heterocycles. The smallest absolute Gasteiger partial charge is 0.160 e. The highest BCUT2D eigenvalue weighted by molar-refractivity contribution is 5.41. The lowest BCUT2D eigenvalue weighted by Crippen LogP contribution is -2.29. The zero-order valence-electron chi connectivity index (χ0n) is 8.74. The Morgan fingerprint density at radius 3 is 2.64 bits per heavy atom. The summed E-state index contributed by atoms with van der Waals surface area (Å²) in [6.07, 6.45) is 0. The third-order valence-corrected chi connectivity index (χ3v) is 1.84. The summed E-state index contributed by atoms with van der Waals surface area (Å²) in [5, 5.41) is 11.4. The Labute approximate surface area is 84.1 Å². The number of hydrogen-bond acceptors (Lipinski definition) is 4. The SMILES string of the molecule is COc1ccc(CNN(C)C)cc1O. The molecule has 0 heterocycles. The number of hydrogen-bond donors (Lipinski definition) is 2. The van der Waals surface area contributed by atoms with E-state index >= 15 is 0 Å². The van der Waals surface area contributed by atoms with Crippen molar-refractivity contribution >= 4 is 0 Å². The molecule has 0 saturated carbocycles. The molecule has 4 nitrogen and oxygen atoms in total. The fourth-order valence-electron chi connectivity index (χ4n) is 1.09. The van der Waals surface area contributed by atoms with Gasteiger partial charge in [0.25, 0.3) is 0 Å². The Hall–Kier alpha value is -1.26. The summed E-state index contributed by atoms with van der Waals surface area (Å²) >= 11 is 0. The lowest BCUT2D eigenvalue weighted by Gasteiger charge is -2.12. The maximum absolute atomic E-state index is 9.49. The van der Waals surface area contributed by atoms with E-state index in [2.05, 4.69) is 5.43 Å². The molecule has 0 fully saturated rings. The van der Waals surface area contributed by atoms with E-state index < -0.39 is 0 Å². The van der Waals surface area contributed by atoms with Gasteiger partial charge in [0.1, 0.15) is 0 Å². The van der Waals surface area contributed by atoms with Crippen molar-refractivity contribution in [2.24, 2.45) is 0 Å². The fraction of sp³-hybridized carbons (Fsp3) is 0.400. The molecule has 0 saturated heterocycles. The van der Waals surface area contributed by atoms with Crippen LogP contribution in [0.2, 0.25) is 0 Å². The van der Waals surface area contributed by atoms with Crippen molar-refractivity contribution in [1.82, 2.24) is 10.4 Å². The average molecular weight is 196 g/mol. The highest BCUT2D eigenvalue weighted by atomic mass is 16.5. The van der Waals surface area contributed by atoms with Gasteiger partial charge in [-0.15, -0.1) is 0 Å². The van der Waals surface area contributed by atoms with Gasteiger partial charge in [-0.25, -0.2) is 0 Å². The van der Waals surface area contributed by atoms with E-state index in [4.69, 9.17) is 4.74 Å². The molecule has 0 aliphatic rings. The van der Waals surface area contributed by atoms with E-state index in [1.54, 1.807) is 12.1 Å². The van der Waals surface area contributed by atoms with Crippen LogP contribution in [0.1, 0.15) is 5.56 Å². The third kappa shape index (κ3) is 2.90. The zero-order chi connectivity index (χ0) is 10.6. The van der Waals surface area contributed by atoms with Crippen molar-refractivity contribution in [1.29, 1.82) is 0 Å². The number of benzene rings is 1. The van der Waals surface area contributed by atoms with Crippen LogP contribution >= 0.6 is 0 Å². The fourth-order valence-corrected chi connectivity index (χ4v) is 1.09. The summed E-state index contributed by atoms with van der Waals surface area (Å²) in [7, 11) is 5.37. The second-order valence-corrected chi connectivity index (χ2v) is 3.24. The quantitative estimate of drug-likeness (QED) is 0.704. The molecule has 78 valence electrons. The minimum absolute atomic E-state index is 0.172. The highest BCUT2D eigenvalue weighted by Gasteiger charge is 2.01. The normalized spacial score (nSPS) is 10.6. The van der Waals surface area contributed by atoms with Crippen molar-refractivity contribution in [2.45, 2.75) is 6.54 Å². The lowest BCUT2D eigenvalue weighted by molar-refractivity contribution is 0.285. The standard InChI is InChI=1S/C10H16N2O2/c1-12(2)11-7-8-4-5-10(14-3)9(13)6-8/h4-6,11,13H,7H2,1-3H3. The summed E-state index contributed by atoms with van der Waals surface area (Å²) in [4.78, 5) is 0. The lowest BCUT2D eigenvalue weighted by atomic mass is 10.2. The van der Waals surface area contributed by atoms with Crippen molar-refractivity contribution in [3.8, 4) is 11.5 Å². The molecule has 2 N–H and O–H groups in total. The van der Waals surface area contributed by atoms with Crippen molar-refractivity contribution < 1.29 is 9.84 Å². The summed E-state index contributed by atoms with van der Waals surface area (Å²) in [6, 6.07) is 5.35. The van der Waals surface area contributed by atoms with Crippen LogP contribution < -0.4 is 10.2 Å². The van der Waals surface area contributed by atoms with E-state index in [1.165, 1.54) is 7.11 Å². The van der Waals surface area contributed by atoms with Gasteiger partial charge in [-0.3, -0.25) is 10.4 Å². The van der Waals surface area contributed by atoms with Crippen LogP contribution in [-0.4, -0.2) is 31.3 Å². The van der Waals surface area contributed by atoms with Crippen molar-refractivity contribution in [3.05, 3.63) is 23.8 Å². The first kappa shape index (κ1) is 10.8. The second kappa shape index (κ2) is 4.83. The van der Waals surface area contributed by atoms with E-state index in [0.717, 1.165) is 5.56 Å². The van der Waals surface area contributed by atoms with Crippen LogP contribution in [0.25, 0.3) is 0 Å². The molecule has 0 radical (unpaired) electrons. The van der Waals surface area contributed by atoms with Gasteiger partial charge in [-0.05, 0) is 17.7 Å². The molecule has 0 aliphatic heterocycles. The molecular formula is C10H16N2O2. The molecule has 0 spiro atoms. The van der Waals surface area contributed by atoms with Crippen LogP contribution in [-0.2, 0) is 6.54 Å². The third-order valence-electron chi connectivity index (χ3n) is 1.84. The van der Waals surface area contributed by atoms with Gasteiger partial charge < -0.3 is 9.84 Å². The zero-order valence-corrected chi connectivity index (χ0v) is 8.74. The number of methoxy groups -OCH3 is 1. The molecular weight excluding hydrogens is 180 g/mol. The number of aromatic hydroxyl groups is 1. The topological polar surface area (TPSA) is 44.7 Å². The van der Waals surface area contributed by atoms with Gasteiger partial charge in [-0.1, -0.05) is 6.07 Å². The van der Waals surface area contributed by atoms with Gasteiger partial charge in [0.15, 0.2) is 11.5 Å². The molecule has 0 atom stereocenters. The van der Waals surface area contributed by atoms with Gasteiger partial charge in [0.05, 0.1) is 7.11 Å². The van der Waals surface area contributed by atoms with Crippen LogP contribution in [0, 0.1) is 0 Å². The summed E-state index contributed by atoms with van der Waals surface area (Å²) < 4.78 is 4.94. The summed E-state index contributed by atoms with van der Waals surface area (Å²) in [6.45, 7) is 0.685. The Kier molecular flexibility index (Phi) is 3.73. The van der Waals surface area contributed by atoms with E-state index in [1.807, 2.05) is 25.2 Å². The minimum Gasteiger partial charge on any atom is -0.504 e. The number of phenols is 1. The first-order valence-corrected chi connectivity index (χ1v) is 4.40. The number of nitrogens with one attached hydrogen (secondary N) is 1. The van der Waals surface area contributed by atoms with Crippen molar-refractivity contribution in [3.63, 3.8) is 0 Å². The summed E-state index contributed by atoms with van der Waals surface area (Å²) in [5.41, 5.74) is 4.12. The average Bonchev–Trinajstić information content (AvgIpc) is 2.15. The highest BCUT2D eigenvalue weighted by Crippen LogP contribution is 2.25. The number of ether oxygens (including phenoxy) is 1. The van der Waals surface area contributed by atoms with E-state index in [9.17, 15) is 5.11 Å². The molecule has 0 bridgehead atoms. The van der Waals surface area contributed by atoms with E-state index in [-0.39, 0.29) is 5.75 Å².